The van der Waals surface area contributed by atoms with Gasteiger partial charge in [0.15, 0.2) is 23.1 Å². The van der Waals surface area contributed by atoms with Gasteiger partial charge in [-0.05, 0) is 48.7 Å². The van der Waals surface area contributed by atoms with Crippen molar-refractivity contribution in [2.24, 2.45) is 0 Å². The van der Waals surface area contributed by atoms with Crippen LogP contribution in [0, 0.1) is 6.92 Å². The molecule has 30 heavy (non-hydrogen) atoms. The van der Waals surface area contributed by atoms with Gasteiger partial charge in [0.25, 0.3) is 0 Å². The first kappa shape index (κ1) is 21.0. The number of methoxy groups -OCH3 is 3. The molecule has 0 fully saturated rings. The molecule has 0 aliphatic carbocycles. The summed E-state index contributed by atoms with van der Waals surface area (Å²) in [7, 11) is 4.87. The molecule has 0 bridgehead atoms. The molecule has 0 amide bonds. The predicted molar refractivity (Wildman–Crippen MR) is 119 cm³/mol. The van der Waals surface area contributed by atoms with E-state index in [1.165, 1.54) is 6.33 Å². The van der Waals surface area contributed by atoms with Gasteiger partial charge in [-0.25, -0.2) is 9.97 Å². The van der Waals surface area contributed by atoms with Gasteiger partial charge in [0.1, 0.15) is 17.8 Å². The molecule has 0 spiro atoms. The molecule has 1 heterocycles. The molecule has 0 unspecified atom stereocenters. The lowest BCUT2D eigenvalue weighted by Gasteiger charge is -2.15. The Hall–Kier alpha value is -3.68. The minimum atomic E-state index is 0.438. The molecule has 0 atom stereocenters. The van der Waals surface area contributed by atoms with Crippen LogP contribution in [0.2, 0.25) is 0 Å². The summed E-state index contributed by atoms with van der Waals surface area (Å²) in [5.41, 5.74) is 9.73. The highest BCUT2D eigenvalue weighted by molar-refractivity contribution is 5.79. The van der Waals surface area contributed by atoms with Gasteiger partial charge < -0.3 is 30.6 Å². The van der Waals surface area contributed by atoms with Gasteiger partial charge >= 0.3 is 0 Å². The number of hydrogen-bond acceptors (Lipinski definition) is 8. The molecule has 3 aromatic rings. The Morgan fingerprint density at radius 3 is 2.30 bits per heavy atom. The fourth-order valence-electron chi connectivity index (χ4n) is 3.04. The highest BCUT2D eigenvalue weighted by Gasteiger charge is 2.11. The Morgan fingerprint density at radius 1 is 0.867 bits per heavy atom. The van der Waals surface area contributed by atoms with Gasteiger partial charge in [0, 0.05) is 6.54 Å². The van der Waals surface area contributed by atoms with E-state index < -0.39 is 0 Å². The molecule has 0 saturated heterocycles. The second kappa shape index (κ2) is 9.69. The summed E-state index contributed by atoms with van der Waals surface area (Å²) in [6.45, 7) is 2.65. The van der Waals surface area contributed by atoms with Gasteiger partial charge in [-0.2, -0.15) is 0 Å². The first-order chi connectivity index (χ1) is 14.5. The lowest BCUT2D eigenvalue weighted by atomic mass is 10.1. The first-order valence-corrected chi connectivity index (χ1v) is 9.52. The number of benzene rings is 2. The summed E-state index contributed by atoms with van der Waals surface area (Å²) in [5, 5.41) is 6.51. The van der Waals surface area contributed by atoms with Crippen LogP contribution in [-0.4, -0.2) is 37.8 Å². The van der Waals surface area contributed by atoms with E-state index in [2.05, 4.69) is 20.6 Å². The number of rotatable bonds is 9. The van der Waals surface area contributed by atoms with Crippen LogP contribution in [0.3, 0.4) is 0 Å². The summed E-state index contributed by atoms with van der Waals surface area (Å²) >= 11 is 0. The van der Waals surface area contributed by atoms with E-state index in [9.17, 15) is 0 Å². The van der Waals surface area contributed by atoms with Crippen LogP contribution in [0.15, 0.2) is 42.7 Å². The van der Waals surface area contributed by atoms with Crippen LogP contribution in [0.1, 0.15) is 11.1 Å². The zero-order valence-corrected chi connectivity index (χ0v) is 17.7. The smallest absolute Gasteiger partial charge is 0.160 e. The van der Waals surface area contributed by atoms with Crippen LogP contribution < -0.4 is 30.6 Å². The van der Waals surface area contributed by atoms with Crippen molar-refractivity contribution in [2.45, 2.75) is 13.3 Å². The number of nitrogens with zero attached hydrogens (tertiary/aromatic N) is 2. The quantitative estimate of drug-likeness (QED) is 0.490. The summed E-state index contributed by atoms with van der Waals surface area (Å²) in [6, 6.07) is 11.7. The van der Waals surface area contributed by atoms with Crippen molar-refractivity contribution in [2.75, 3.05) is 44.2 Å². The minimum absolute atomic E-state index is 0.438. The first-order valence-electron chi connectivity index (χ1n) is 9.52. The molecule has 1 aromatic heterocycles. The number of aromatic nitrogens is 2. The third-order valence-corrected chi connectivity index (χ3v) is 4.65. The monoisotopic (exact) mass is 409 g/mol. The third kappa shape index (κ3) is 4.83. The van der Waals surface area contributed by atoms with Crippen molar-refractivity contribution in [1.29, 1.82) is 0 Å². The van der Waals surface area contributed by atoms with Crippen LogP contribution in [0.25, 0.3) is 0 Å². The summed E-state index contributed by atoms with van der Waals surface area (Å²) in [6.07, 6.45) is 2.23. The third-order valence-electron chi connectivity index (χ3n) is 4.65. The second-order valence-electron chi connectivity index (χ2n) is 6.68. The molecule has 4 N–H and O–H groups in total. The summed E-state index contributed by atoms with van der Waals surface area (Å²) in [5.74, 6) is 3.20. The average Bonchev–Trinajstić information content (AvgIpc) is 2.76. The van der Waals surface area contributed by atoms with Gasteiger partial charge in [0.05, 0.1) is 27.0 Å². The van der Waals surface area contributed by atoms with Crippen molar-refractivity contribution in [3.05, 3.63) is 53.9 Å². The normalized spacial score (nSPS) is 10.4. The molecule has 8 nitrogen and oxygen atoms in total. The van der Waals surface area contributed by atoms with Gasteiger partial charge in [-0.3, -0.25) is 0 Å². The lowest BCUT2D eigenvalue weighted by Crippen LogP contribution is -2.11. The number of anilines is 4. The maximum absolute atomic E-state index is 6.30. The average molecular weight is 409 g/mol. The fraction of sp³-hybridized carbons (Fsp3) is 0.273. The van der Waals surface area contributed by atoms with Crippen molar-refractivity contribution in [3.63, 3.8) is 0 Å². The van der Waals surface area contributed by atoms with Crippen molar-refractivity contribution < 1.29 is 14.2 Å². The van der Waals surface area contributed by atoms with E-state index in [-0.39, 0.29) is 0 Å². The number of nitrogens with one attached hydrogen (secondary N) is 2. The van der Waals surface area contributed by atoms with E-state index in [0.717, 1.165) is 23.2 Å². The number of nitrogens with two attached hydrogens (primary N) is 1. The van der Waals surface area contributed by atoms with Crippen molar-refractivity contribution in [3.8, 4) is 17.2 Å². The van der Waals surface area contributed by atoms with Crippen LogP contribution >= 0.6 is 0 Å². The van der Waals surface area contributed by atoms with Crippen molar-refractivity contribution in [1.82, 2.24) is 9.97 Å². The largest absolute Gasteiger partial charge is 0.495 e. The van der Waals surface area contributed by atoms with E-state index in [0.29, 0.717) is 41.1 Å². The van der Waals surface area contributed by atoms with Crippen LogP contribution in [0.4, 0.5) is 23.0 Å². The van der Waals surface area contributed by atoms with E-state index in [4.69, 9.17) is 19.9 Å². The maximum atomic E-state index is 6.30. The Labute approximate surface area is 176 Å². The molecule has 3 rings (SSSR count). The number of ether oxygens (including phenoxy) is 3. The second-order valence-corrected chi connectivity index (χ2v) is 6.68. The Balaban J connectivity index is 1.69. The highest BCUT2D eigenvalue weighted by atomic mass is 16.5. The van der Waals surface area contributed by atoms with Crippen LogP contribution in [0.5, 0.6) is 17.2 Å². The molecule has 0 radical (unpaired) electrons. The van der Waals surface area contributed by atoms with E-state index in [1.54, 1.807) is 21.3 Å². The lowest BCUT2D eigenvalue weighted by molar-refractivity contribution is 0.354. The molecule has 2 aromatic carbocycles. The summed E-state index contributed by atoms with van der Waals surface area (Å²) < 4.78 is 16.0. The maximum Gasteiger partial charge on any atom is 0.160 e. The Kier molecular flexibility index (Phi) is 6.79. The van der Waals surface area contributed by atoms with Gasteiger partial charge in [0.2, 0.25) is 0 Å². The molecular weight excluding hydrogens is 382 g/mol. The number of nitrogen functional groups attached to an aromatic ring is 1. The van der Waals surface area contributed by atoms with Crippen molar-refractivity contribution >= 4 is 23.0 Å². The van der Waals surface area contributed by atoms with E-state index in [1.807, 2.05) is 43.3 Å². The van der Waals surface area contributed by atoms with Gasteiger partial charge in [-0.1, -0.05) is 12.1 Å². The minimum Gasteiger partial charge on any atom is -0.495 e. The molecule has 0 aliphatic rings. The molecule has 0 saturated carbocycles. The Bertz CT molecular complexity index is 1010. The fourth-order valence-corrected chi connectivity index (χ4v) is 3.04. The topological polar surface area (TPSA) is 104 Å². The summed E-state index contributed by atoms with van der Waals surface area (Å²) in [4.78, 5) is 8.54. The number of aryl methyl sites for hydroxylation is 1. The van der Waals surface area contributed by atoms with E-state index >= 15 is 0 Å². The molecular formula is C22H27N5O3. The molecule has 158 valence electrons. The molecule has 0 aliphatic heterocycles. The van der Waals surface area contributed by atoms with Gasteiger partial charge in [-0.15, -0.1) is 0 Å². The zero-order valence-electron chi connectivity index (χ0n) is 17.7. The number of hydrogen-bond donors (Lipinski definition) is 3. The zero-order chi connectivity index (χ0) is 21.5. The Morgan fingerprint density at radius 2 is 1.57 bits per heavy atom. The standard InChI is InChI=1S/C22H27N5O3/c1-14-5-7-17(28-2)16(11-14)27-22-20(23)21(25-13-26-22)24-10-9-15-6-8-18(29-3)19(12-15)30-4/h5-8,11-13H,9-10,23H2,1-4H3,(H2,24,25,26,27). The highest BCUT2D eigenvalue weighted by Crippen LogP contribution is 2.32. The van der Waals surface area contributed by atoms with Crippen LogP contribution in [-0.2, 0) is 6.42 Å². The molecule has 8 heteroatoms. The SMILES string of the molecule is COc1ccc(C)cc1Nc1ncnc(NCCc2ccc(OC)c(OC)c2)c1N. The predicted octanol–water partition coefficient (Wildman–Crippen LogP) is 3.79.